The van der Waals surface area contributed by atoms with Gasteiger partial charge in [-0.2, -0.15) is 0 Å². The van der Waals surface area contributed by atoms with Crippen LogP contribution in [0, 0.1) is 11.8 Å². The molecule has 0 fully saturated rings. The molecule has 0 saturated heterocycles. The fourth-order valence-corrected chi connectivity index (χ4v) is 0.535. The van der Waals surface area contributed by atoms with Gasteiger partial charge in [0, 0.05) is 6.04 Å². The molecule has 1 nitrogen and oxygen atoms in total. The van der Waals surface area contributed by atoms with Crippen LogP contribution >= 0.6 is 0 Å². The minimum Gasteiger partial charge on any atom is -0.377 e. The van der Waals surface area contributed by atoms with Crippen LogP contribution in [0.3, 0.4) is 0 Å². The minimum absolute atomic E-state index is 0.429. The zero-order valence-corrected chi connectivity index (χ0v) is 6.28. The number of hydrogen-bond donors (Lipinski definition) is 1. The van der Waals surface area contributed by atoms with Crippen LogP contribution in [0.4, 0.5) is 0 Å². The lowest BCUT2D eigenvalue weighted by atomic mass is 10.3. The van der Waals surface area contributed by atoms with E-state index in [2.05, 4.69) is 37.6 Å². The quantitative estimate of drug-likeness (QED) is 0.549. The van der Waals surface area contributed by atoms with Gasteiger partial charge in [0.05, 0.1) is 5.70 Å². The van der Waals surface area contributed by atoms with Gasteiger partial charge in [-0.05, 0) is 20.8 Å². The third kappa shape index (κ3) is 4.96. The van der Waals surface area contributed by atoms with Crippen molar-refractivity contribution in [2.45, 2.75) is 26.8 Å². The van der Waals surface area contributed by atoms with Gasteiger partial charge in [-0.25, -0.2) is 0 Å². The summed E-state index contributed by atoms with van der Waals surface area (Å²) in [4.78, 5) is 0. The molecular weight excluding hydrogens is 110 g/mol. The van der Waals surface area contributed by atoms with Crippen molar-refractivity contribution >= 4 is 0 Å². The van der Waals surface area contributed by atoms with Gasteiger partial charge in [0.1, 0.15) is 0 Å². The number of allylic oxidation sites excluding steroid dienone is 1. The molecular formula is C8H13N. The van der Waals surface area contributed by atoms with Crippen LogP contribution in [0.2, 0.25) is 0 Å². The van der Waals surface area contributed by atoms with E-state index in [1.54, 1.807) is 6.92 Å². The van der Waals surface area contributed by atoms with Crippen molar-refractivity contribution in [3.63, 3.8) is 0 Å². The molecule has 0 aromatic heterocycles. The summed E-state index contributed by atoms with van der Waals surface area (Å²) in [5, 5.41) is 3.08. The normalized spacial score (nSPS) is 8.00. The van der Waals surface area contributed by atoms with E-state index in [4.69, 9.17) is 0 Å². The van der Waals surface area contributed by atoms with Gasteiger partial charge >= 0.3 is 0 Å². The van der Waals surface area contributed by atoms with E-state index < -0.39 is 0 Å². The molecule has 1 heteroatoms. The fourth-order valence-electron chi connectivity index (χ4n) is 0.535. The smallest absolute Gasteiger partial charge is 0.0782 e. The molecule has 0 atom stereocenters. The molecule has 0 heterocycles. The van der Waals surface area contributed by atoms with Crippen LogP contribution in [-0.4, -0.2) is 6.04 Å². The summed E-state index contributed by atoms with van der Waals surface area (Å²) < 4.78 is 0. The van der Waals surface area contributed by atoms with Crippen LogP contribution in [0.25, 0.3) is 0 Å². The van der Waals surface area contributed by atoms with E-state index in [0.29, 0.717) is 6.04 Å². The van der Waals surface area contributed by atoms with Gasteiger partial charge in [0.25, 0.3) is 0 Å². The van der Waals surface area contributed by atoms with Crippen LogP contribution in [0.15, 0.2) is 12.3 Å². The monoisotopic (exact) mass is 123 g/mol. The van der Waals surface area contributed by atoms with Crippen LogP contribution in [0.1, 0.15) is 20.8 Å². The van der Waals surface area contributed by atoms with E-state index in [0.717, 1.165) is 5.70 Å². The minimum atomic E-state index is 0.429. The molecule has 0 unspecified atom stereocenters. The average molecular weight is 123 g/mol. The molecule has 0 radical (unpaired) electrons. The summed E-state index contributed by atoms with van der Waals surface area (Å²) in [5.74, 6) is 5.58. The number of hydrogen-bond acceptors (Lipinski definition) is 1. The zero-order chi connectivity index (χ0) is 7.28. The summed E-state index contributed by atoms with van der Waals surface area (Å²) in [6.45, 7) is 9.61. The highest BCUT2D eigenvalue weighted by molar-refractivity contribution is 5.22. The molecule has 0 rings (SSSR count). The van der Waals surface area contributed by atoms with E-state index in [9.17, 15) is 0 Å². The predicted molar refractivity (Wildman–Crippen MR) is 40.9 cm³/mol. The van der Waals surface area contributed by atoms with Gasteiger partial charge in [0.15, 0.2) is 0 Å². The number of nitrogens with one attached hydrogen (secondary N) is 1. The first-order valence-corrected chi connectivity index (χ1v) is 3.05. The second-order valence-electron chi connectivity index (χ2n) is 2.15. The van der Waals surface area contributed by atoms with E-state index in [1.807, 2.05) is 0 Å². The lowest BCUT2D eigenvalue weighted by Crippen LogP contribution is -2.20. The Kier molecular flexibility index (Phi) is 3.62. The highest BCUT2D eigenvalue weighted by Crippen LogP contribution is 1.83. The summed E-state index contributed by atoms with van der Waals surface area (Å²) >= 11 is 0. The van der Waals surface area contributed by atoms with Crippen LogP contribution < -0.4 is 5.32 Å². The highest BCUT2D eigenvalue weighted by Gasteiger charge is 1.89. The van der Waals surface area contributed by atoms with E-state index in [-0.39, 0.29) is 0 Å². The fraction of sp³-hybridized carbons (Fsp3) is 0.500. The van der Waals surface area contributed by atoms with Gasteiger partial charge < -0.3 is 5.32 Å². The summed E-state index contributed by atoms with van der Waals surface area (Å²) in [6, 6.07) is 0.429. The average Bonchev–Trinajstić information content (AvgIpc) is 1.63. The van der Waals surface area contributed by atoms with Crippen molar-refractivity contribution in [1.82, 2.24) is 5.32 Å². The SMILES string of the molecule is C=C(C#CC)NC(C)C. The van der Waals surface area contributed by atoms with Crippen molar-refractivity contribution in [2.75, 3.05) is 0 Å². The molecule has 50 valence electrons. The lowest BCUT2D eigenvalue weighted by Gasteiger charge is -2.06. The first kappa shape index (κ1) is 8.10. The van der Waals surface area contributed by atoms with Gasteiger partial charge in [-0.1, -0.05) is 18.4 Å². The first-order chi connectivity index (χ1) is 4.16. The Labute approximate surface area is 57.2 Å². The molecule has 0 aliphatic rings. The highest BCUT2D eigenvalue weighted by atomic mass is 14.9. The molecule has 0 aliphatic carbocycles. The Bertz CT molecular complexity index is 146. The maximum atomic E-state index is 3.70. The second-order valence-corrected chi connectivity index (χ2v) is 2.15. The Morgan fingerprint density at radius 3 is 2.44 bits per heavy atom. The summed E-state index contributed by atoms with van der Waals surface area (Å²) in [5.41, 5.74) is 0.799. The Hall–Kier alpha value is -0.900. The van der Waals surface area contributed by atoms with Crippen molar-refractivity contribution in [2.24, 2.45) is 0 Å². The van der Waals surface area contributed by atoms with Gasteiger partial charge in [-0.3, -0.25) is 0 Å². The second kappa shape index (κ2) is 4.03. The molecule has 0 aromatic rings. The molecule has 0 amide bonds. The third-order valence-corrected chi connectivity index (χ3v) is 0.739. The number of rotatable bonds is 2. The summed E-state index contributed by atoms with van der Waals surface area (Å²) in [7, 11) is 0. The van der Waals surface area contributed by atoms with E-state index in [1.165, 1.54) is 0 Å². The maximum absolute atomic E-state index is 3.70. The first-order valence-electron chi connectivity index (χ1n) is 3.05. The lowest BCUT2D eigenvalue weighted by molar-refractivity contribution is 0.686. The Morgan fingerprint density at radius 1 is 1.56 bits per heavy atom. The zero-order valence-electron chi connectivity index (χ0n) is 6.28. The Balaban J connectivity index is 3.60. The van der Waals surface area contributed by atoms with Crippen LogP contribution in [-0.2, 0) is 0 Å². The van der Waals surface area contributed by atoms with E-state index >= 15 is 0 Å². The van der Waals surface area contributed by atoms with Gasteiger partial charge in [0.2, 0.25) is 0 Å². The molecule has 9 heavy (non-hydrogen) atoms. The van der Waals surface area contributed by atoms with Crippen molar-refractivity contribution < 1.29 is 0 Å². The maximum Gasteiger partial charge on any atom is 0.0782 e. The molecule has 0 aromatic carbocycles. The van der Waals surface area contributed by atoms with Crippen molar-refractivity contribution in [1.29, 1.82) is 0 Å². The Morgan fingerprint density at radius 2 is 2.11 bits per heavy atom. The van der Waals surface area contributed by atoms with Crippen molar-refractivity contribution in [3.05, 3.63) is 12.3 Å². The molecule has 0 aliphatic heterocycles. The largest absolute Gasteiger partial charge is 0.377 e. The van der Waals surface area contributed by atoms with Crippen molar-refractivity contribution in [3.8, 4) is 11.8 Å². The standard InChI is InChI=1S/C8H13N/c1-5-6-8(4)9-7(2)3/h7,9H,4H2,1-3H3. The third-order valence-electron chi connectivity index (χ3n) is 0.739. The summed E-state index contributed by atoms with van der Waals surface area (Å²) in [6.07, 6.45) is 0. The van der Waals surface area contributed by atoms with Gasteiger partial charge in [-0.15, -0.1) is 0 Å². The molecule has 0 spiro atoms. The molecule has 1 N–H and O–H groups in total. The van der Waals surface area contributed by atoms with Crippen LogP contribution in [0.5, 0.6) is 0 Å². The predicted octanol–water partition coefficient (Wildman–Crippen LogP) is 1.52. The topological polar surface area (TPSA) is 12.0 Å². The molecule has 0 bridgehead atoms. The molecule has 0 saturated carbocycles.